The quantitative estimate of drug-likeness (QED) is 0.344. The molecule has 3 aromatic carbocycles. The van der Waals surface area contributed by atoms with Crippen LogP contribution < -0.4 is 9.37 Å². The summed E-state index contributed by atoms with van der Waals surface area (Å²) in [6.45, 7) is 7.74. The van der Waals surface area contributed by atoms with Gasteiger partial charge in [0.2, 0.25) is 0 Å². The zero-order chi connectivity index (χ0) is 26.3. The van der Waals surface area contributed by atoms with Gasteiger partial charge < -0.3 is 4.74 Å². The summed E-state index contributed by atoms with van der Waals surface area (Å²) in [4.78, 5) is 12.4. The number of aryl methyl sites for hydroxylation is 1. The Morgan fingerprint density at radius 1 is 1.06 bits per heavy atom. The monoisotopic (exact) mass is 515 g/mol. The molecule has 0 bridgehead atoms. The summed E-state index contributed by atoms with van der Waals surface area (Å²) in [6, 6.07) is 14.2. The van der Waals surface area contributed by atoms with Crippen LogP contribution in [0.1, 0.15) is 39.2 Å². The van der Waals surface area contributed by atoms with Gasteiger partial charge in [0.25, 0.3) is 10.0 Å². The number of ether oxygens (including phenoxy) is 1. The zero-order valence-corrected chi connectivity index (χ0v) is 21.7. The van der Waals surface area contributed by atoms with Crippen molar-refractivity contribution in [3.05, 3.63) is 66.0 Å². The molecule has 0 unspecified atom stereocenters. The van der Waals surface area contributed by atoms with Gasteiger partial charge in [-0.05, 0) is 57.5 Å². The van der Waals surface area contributed by atoms with Crippen molar-refractivity contribution in [2.75, 3.05) is 17.8 Å². The normalized spacial score (nSPS) is 20.8. The summed E-state index contributed by atoms with van der Waals surface area (Å²) in [7, 11) is -4.05. The van der Waals surface area contributed by atoms with Crippen molar-refractivity contribution in [1.82, 2.24) is 4.65 Å². The second kappa shape index (κ2) is 9.46. The van der Waals surface area contributed by atoms with Crippen molar-refractivity contribution in [1.29, 1.82) is 0 Å². The molecule has 0 atom stereocenters. The zero-order valence-electron chi connectivity index (χ0n) is 20.9. The van der Waals surface area contributed by atoms with E-state index in [2.05, 4.69) is 4.72 Å². The van der Waals surface area contributed by atoms with Gasteiger partial charge in [0.05, 0.1) is 16.5 Å². The molecule has 1 aliphatic rings. The van der Waals surface area contributed by atoms with E-state index in [1.54, 1.807) is 31.2 Å². The average Bonchev–Trinajstić information content (AvgIpc) is 2.80. The number of benzene rings is 3. The van der Waals surface area contributed by atoms with Crippen LogP contribution in [0.25, 0.3) is 10.8 Å². The number of halogens is 1. The number of anilines is 1. The van der Waals surface area contributed by atoms with Gasteiger partial charge in [-0.3, -0.25) is 9.52 Å². The molecule has 36 heavy (non-hydrogen) atoms. The van der Waals surface area contributed by atoms with Gasteiger partial charge in [-0.2, -0.15) is 0 Å². The molecule has 1 saturated heterocycles. The molecule has 7 nitrogen and oxygen atoms in total. The van der Waals surface area contributed by atoms with E-state index in [9.17, 15) is 22.8 Å². The predicted molar refractivity (Wildman–Crippen MR) is 138 cm³/mol. The molecule has 3 aromatic rings. The Labute approximate surface area is 211 Å². The van der Waals surface area contributed by atoms with Crippen molar-refractivity contribution in [3.63, 3.8) is 0 Å². The molecule has 0 aliphatic carbocycles. The number of carbonyl (C=O) groups excluding carboxylic acids is 1. The van der Waals surface area contributed by atoms with Crippen LogP contribution in [-0.4, -0.2) is 38.3 Å². The van der Waals surface area contributed by atoms with Crippen LogP contribution >= 0.6 is 0 Å². The lowest BCUT2D eigenvalue weighted by molar-refractivity contribution is -0.165. The van der Waals surface area contributed by atoms with Crippen molar-refractivity contribution in [3.8, 4) is 0 Å². The van der Waals surface area contributed by atoms with Crippen LogP contribution in [-0.2, 0) is 19.6 Å². The van der Waals surface area contributed by atoms with Gasteiger partial charge in [-0.15, -0.1) is 4.65 Å². The van der Waals surface area contributed by atoms with Gasteiger partial charge in [-0.1, -0.05) is 24.3 Å². The minimum Gasteiger partial charge on any atom is -0.460 e. The van der Waals surface area contributed by atoms with Gasteiger partial charge in [0.1, 0.15) is 24.5 Å². The van der Waals surface area contributed by atoms with E-state index < -0.39 is 21.4 Å². The van der Waals surface area contributed by atoms with E-state index in [1.165, 1.54) is 12.1 Å². The van der Waals surface area contributed by atoms with Crippen LogP contribution in [0.5, 0.6) is 0 Å². The number of nitrogens with one attached hydrogen (secondary N) is 1. The number of piperidine rings is 1. The van der Waals surface area contributed by atoms with Crippen LogP contribution in [0.15, 0.2) is 59.5 Å². The molecule has 0 radical (unpaired) electrons. The lowest BCUT2D eigenvalue weighted by Crippen LogP contribution is -2.53. The van der Waals surface area contributed by atoms with Crippen LogP contribution in [0.4, 0.5) is 15.8 Å². The largest absolute Gasteiger partial charge is 0.460 e. The average molecular weight is 516 g/mol. The number of fused-ring (bicyclic) bond motifs is 1. The Balaban J connectivity index is 1.63. The second-order valence-corrected chi connectivity index (χ2v) is 12.0. The van der Waals surface area contributed by atoms with Crippen LogP contribution in [0, 0.1) is 18.7 Å². The first-order chi connectivity index (χ1) is 16.8. The number of hydroxylamine groups is 2. The number of hydrogen-bond donors (Lipinski definition) is 2. The van der Waals surface area contributed by atoms with Crippen molar-refractivity contribution >= 4 is 38.1 Å². The van der Waals surface area contributed by atoms with Crippen LogP contribution in [0.2, 0.25) is 0 Å². The number of sulfonamides is 1. The topological polar surface area (TPSA) is 92.7 Å². The molecule has 1 heterocycles. The van der Waals surface area contributed by atoms with Gasteiger partial charge in [0.15, 0.2) is 5.69 Å². The fourth-order valence-corrected chi connectivity index (χ4v) is 5.99. The first kappa shape index (κ1) is 26.1. The van der Waals surface area contributed by atoms with Gasteiger partial charge in [-0.25, -0.2) is 18.0 Å². The van der Waals surface area contributed by atoms with Gasteiger partial charge in [0, 0.05) is 29.7 Å². The van der Waals surface area contributed by atoms with E-state index in [4.69, 9.17) is 4.74 Å². The summed E-state index contributed by atoms with van der Waals surface area (Å²) >= 11 is 0. The highest BCUT2D eigenvalue weighted by molar-refractivity contribution is 7.92. The van der Waals surface area contributed by atoms with Crippen molar-refractivity contribution < 1.29 is 27.5 Å². The highest BCUT2D eigenvalue weighted by atomic mass is 32.2. The summed E-state index contributed by atoms with van der Waals surface area (Å²) in [6.07, 6.45) is 0.930. The van der Waals surface area contributed by atoms with E-state index in [-0.39, 0.29) is 21.4 Å². The molecule has 4 rings (SSSR count). The third-order valence-corrected chi connectivity index (χ3v) is 7.98. The highest BCUT2D eigenvalue weighted by Crippen LogP contribution is 2.39. The molecule has 1 aliphatic heterocycles. The maximum atomic E-state index is 13.8. The van der Waals surface area contributed by atoms with E-state index in [0.29, 0.717) is 53.6 Å². The second-order valence-electron chi connectivity index (χ2n) is 10.4. The van der Waals surface area contributed by atoms with E-state index in [1.807, 2.05) is 32.9 Å². The summed E-state index contributed by atoms with van der Waals surface area (Å²) < 4.78 is 47.7. The molecule has 0 saturated carbocycles. The number of rotatable bonds is 5. The molecular weight excluding hydrogens is 483 g/mol. The standard InChI is InChI=1S/C27H32FN2O5S/c1-18-9-10-20(28)17-25(18)36(33,34)29-23-11-12-24(22-8-6-5-7-21(22)23)30(32)15-13-19(14-16-30)26(31)35-27(2,3)4/h5-12,17,19,29,32H,13-16H2,1-4H3/q+1. The Morgan fingerprint density at radius 2 is 1.69 bits per heavy atom. The number of quaternary nitrogens is 1. The van der Waals surface area contributed by atoms with E-state index in [0.717, 1.165) is 6.07 Å². The predicted octanol–water partition coefficient (Wildman–Crippen LogP) is 5.54. The molecule has 0 amide bonds. The fraction of sp³-hybridized carbons (Fsp3) is 0.370. The first-order valence-electron chi connectivity index (χ1n) is 11.9. The molecule has 9 heteroatoms. The van der Waals surface area contributed by atoms with Gasteiger partial charge >= 0.3 is 5.97 Å². The molecule has 1 fully saturated rings. The van der Waals surface area contributed by atoms with Crippen molar-refractivity contribution in [2.45, 2.75) is 51.0 Å². The maximum absolute atomic E-state index is 13.8. The van der Waals surface area contributed by atoms with Crippen LogP contribution in [0.3, 0.4) is 0 Å². The molecule has 0 spiro atoms. The molecule has 0 aromatic heterocycles. The Kier molecular flexibility index (Phi) is 6.85. The minimum atomic E-state index is -4.05. The lowest BCUT2D eigenvalue weighted by atomic mass is 9.94. The molecule has 2 N–H and O–H groups in total. The first-order valence-corrected chi connectivity index (χ1v) is 13.4. The Bertz CT molecular complexity index is 1410. The van der Waals surface area contributed by atoms with E-state index >= 15 is 0 Å². The Morgan fingerprint density at radius 3 is 2.33 bits per heavy atom. The number of carbonyl (C=O) groups is 1. The Hall–Kier alpha value is -3.01. The fourth-order valence-electron chi connectivity index (χ4n) is 4.65. The molecular formula is C27H32FN2O5S+. The summed E-state index contributed by atoms with van der Waals surface area (Å²) in [5.74, 6) is -1.17. The smallest absolute Gasteiger partial charge is 0.309 e. The SMILES string of the molecule is Cc1ccc(F)cc1S(=O)(=O)Nc1ccc([N+]2(O)CCC(C(=O)OC(C)(C)C)CC2)c2ccccc12. The number of esters is 1. The summed E-state index contributed by atoms with van der Waals surface area (Å²) in [5.41, 5.74) is 0.812. The maximum Gasteiger partial charge on any atom is 0.309 e. The minimum absolute atomic E-state index is 0.134. The van der Waals surface area contributed by atoms with Crippen molar-refractivity contribution in [2.24, 2.45) is 5.92 Å². The highest BCUT2D eigenvalue weighted by Gasteiger charge is 2.40. The summed E-state index contributed by atoms with van der Waals surface area (Å²) in [5, 5.41) is 12.8. The third kappa shape index (κ3) is 5.38. The molecule has 192 valence electrons. The number of nitrogens with zero attached hydrogens (tertiary/aromatic N) is 1. The third-order valence-electron chi connectivity index (χ3n) is 6.47. The lowest BCUT2D eigenvalue weighted by Gasteiger charge is -2.37. The number of hydrogen-bond acceptors (Lipinski definition) is 5.